The first-order valence-electron chi connectivity index (χ1n) is 6.56. The van der Waals surface area contributed by atoms with Gasteiger partial charge in [-0.3, -0.25) is 0 Å². The smallest absolute Gasteiger partial charge is 0.144 e. The van der Waals surface area contributed by atoms with Crippen molar-refractivity contribution in [3.8, 4) is 0 Å². The Balaban J connectivity index is 2.57. The first kappa shape index (κ1) is 12.8. The number of nitrogens with zero attached hydrogens (tertiary/aromatic N) is 1. The average Bonchev–Trinajstić information content (AvgIpc) is 2.37. The fraction of sp³-hybridized carbons (Fsp3) is 0.400. The van der Waals surface area contributed by atoms with Gasteiger partial charge in [-0.25, -0.2) is 10.8 Å². The maximum absolute atomic E-state index is 5.54. The molecular weight excluding hydrogens is 222 g/mol. The van der Waals surface area contributed by atoms with E-state index in [1.807, 2.05) is 0 Å². The minimum absolute atomic E-state index is 0.405. The Morgan fingerprint density at radius 3 is 2.67 bits per heavy atom. The summed E-state index contributed by atoms with van der Waals surface area (Å²) in [6.45, 7) is 6.50. The van der Waals surface area contributed by atoms with Gasteiger partial charge in [-0.05, 0) is 41.7 Å². The molecule has 1 aromatic carbocycles. The predicted molar refractivity (Wildman–Crippen MR) is 77.6 cm³/mol. The molecular formula is C15H21N3. The summed E-state index contributed by atoms with van der Waals surface area (Å²) >= 11 is 0. The Morgan fingerprint density at radius 1 is 1.28 bits per heavy atom. The topological polar surface area (TPSA) is 50.9 Å². The van der Waals surface area contributed by atoms with Crippen LogP contribution in [0.2, 0.25) is 0 Å². The van der Waals surface area contributed by atoms with Gasteiger partial charge in [-0.1, -0.05) is 33.3 Å². The number of nitrogen functional groups attached to an aromatic ring is 1. The fourth-order valence-corrected chi connectivity index (χ4v) is 2.24. The van der Waals surface area contributed by atoms with Gasteiger partial charge in [-0.2, -0.15) is 0 Å². The van der Waals surface area contributed by atoms with E-state index in [1.54, 1.807) is 0 Å². The number of hydrazine groups is 1. The van der Waals surface area contributed by atoms with E-state index in [0.29, 0.717) is 5.92 Å². The van der Waals surface area contributed by atoms with Gasteiger partial charge in [0.05, 0.1) is 5.52 Å². The molecule has 0 saturated heterocycles. The number of anilines is 1. The Bertz CT molecular complexity index is 547. The highest BCUT2D eigenvalue weighted by atomic mass is 15.2. The van der Waals surface area contributed by atoms with Crippen LogP contribution in [0.1, 0.15) is 44.2 Å². The third kappa shape index (κ3) is 2.46. The molecule has 0 fully saturated rings. The number of nitrogens with one attached hydrogen (secondary N) is 1. The number of aromatic nitrogens is 1. The molecule has 0 unspecified atom stereocenters. The Labute approximate surface area is 108 Å². The molecule has 1 heterocycles. The maximum atomic E-state index is 5.54. The molecule has 3 nitrogen and oxygen atoms in total. The summed E-state index contributed by atoms with van der Waals surface area (Å²) in [6.07, 6.45) is 2.28. The molecule has 0 atom stereocenters. The summed E-state index contributed by atoms with van der Waals surface area (Å²) in [6, 6.07) is 8.65. The molecule has 3 N–H and O–H groups in total. The van der Waals surface area contributed by atoms with Gasteiger partial charge in [0.2, 0.25) is 0 Å². The molecule has 0 aliphatic carbocycles. The fourth-order valence-electron chi connectivity index (χ4n) is 2.24. The number of nitrogens with two attached hydrogens (primary N) is 1. The van der Waals surface area contributed by atoms with Gasteiger partial charge in [0.1, 0.15) is 5.82 Å². The Kier molecular flexibility index (Phi) is 3.82. The summed E-state index contributed by atoms with van der Waals surface area (Å²) in [5, 5.41) is 1.20. The monoisotopic (exact) mass is 243 g/mol. The van der Waals surface area contributed by atoms with Crippen LogP contribution in [0, 0.1) is 0 Å². The molecule has 2 aromatic rings. The second-order valence-electron chi connectivity index (χ2n) is 5.00. The number of hydrogen-bond acceptors (Lipinski definition) is 3. The van der Waals surface area contributed by atoms with Crippen LogP contribution >= 0.6 is 0 Å². The molecule has 18 heavy (non-hydrogen) atoms. The average molecular weight is 243 g/mol. The van der Waals surface area contributed by atoms with E-state index in [4.69, 9.17) is 5.84 Å². The maximum Gasteiger partial charge on any atom is 0.144 e. The molecule has 0 saturated carbocycles. The zero-order valence-electron chi connectivity index (χ0n) is 11.3. The van der Waals surface area contributed by atoms with Gasteiger partial charge in [0, 0.05) is 5.39 Å². The van der Waals surface area contributed by atoms with Crippen LogP contribution in [0.15, 0.2) is 24.3 Å². The van der Waals surface area contributed by atoms with Crippen LogP contribution in [-0.4, -0.2) is 4.98 Å². The number of aryl methyl sites for hydroxylation is 1. The van der Waals surface area contributed by atoms with Crippen molar-refractivity contribution in [3.63, 3.8) is 0 Å². The number of benzene rings is 1. The van der Waals surface area contributed by atoms with Gasteiger partial charge in [0.25, 0.3) is 0 Å². The van der Waals surface area contributed by atoms with Crippen molar-refractivity contribution in [3.05, 3.63) is 35.4 Å². The second kappa shape index (κ2) is 5.36. The number of pyridine rings is 1. The van der Waals surface area contributed by atoms with Crippen LogP contribution in [0.5, 0.6) is 0 Å². The molecule has 96 valence electrons. The second-order valence-corrected chi connectivity index (χ2v) is 5.00. The first-order chi connectivity index (χ1) is 8.65. The molecule has 1 aromatic heterocycles. The van der Waals surface area contributed by atoms with E-state index in [1.165, 1.54) is 22.9 Å². The zero-order valence-corrected chi connectivity index (χ0v) is 11.3. The van der Waals surface area contributed by atoms with E-state index in [9.17, 15) is 0 Å². The van der Waals surface area contributed by atoms with E-state index in [0.717, 1.165) is 17.8 Å². The van der Waals surface area contributed by atoms with E-state index in [-0.39, 0.29) is 0 Å². The van der Waals surface area contributed by atoms with Crippen LogP contribution in [0.25, 0.3) is 10.9 Å². The largest absolute Gasteiger partial charge is 0.308 e. The molecule has 0 aliphatic rings. The lowest BCUT2D eigenvalue weighted by molar-refractivity contribution is 0.862. The minimum atomic E-state index is 0.405. The van der Waals surface area contributed by atoms with Crippen LogP contribution < -0.4 is 11.3 Å². The molecule has 3 heteroatoms. The van der Waals surface area contributed by atoms with Gasteiger partial charge < -0.3 is 5.43 Å². The number of hydrogen-bond donors (Lipinski definition) is 2. The predicted octanol–water partition coefficient (Wildman–Crippen LogP) is 3.60. The molecule has 0 radical (unpaired) electrons. The van der Waals surface area contributed by atoms with Crippen LogP contribution in [0.4, 0.5) is 5.82 Å². The van der Waals surface area contributed by atoms with Gasteiger partial charge in [-0.15, -0.1) is 0 Å². The third-order valence-corrected chi connectivity index (χ3v) is 3.21. The summed E-state index contributed by atoms with van der Waals surface area (Å²) in [4.78, 5) is 4.58. The number of fused-ring (bicyclic) bond motifs is 1. The van der Waals surface area contributed by atoms with Crippen molar-refractivity contribution >= 4 is 16.7 Å². The summed E-state index contributed by atoms with van der Waals surface area (Å²) in [5.41, 5.74) is 6.23. The van der Waals surface area contributed by atoms with Crippen molar-refractivity contribution < 1.29 is 0 Å². The molecule has 0 bridgehead atoms. The quantitative estimate of drug-likeness (QED) is 0.637. The van der Waals surface area contributed by atoms with Crippen LogP contribution in [0.3, 0.4) is 0 Å². The zero-order chi connectivity index (χ0) is 13.1. The van der Waals surface area contributed by atoms with Gasteiger partial charge >= 0.3 is 0 Å². The van der Waals surface area contributed by atoms with E-state index in [2.05, 4.69) is 55.4 Å². The normalized spacial score (nSPS) is 11.2. The lowest BCUT2D eigenvalue weighted by Gasteiger charge is -2.13. The highest BCUT2D eigenvalue weighted by Gasteiger charge is 2.09. The first-order valence-corrected chi connectivity index (χ1v) is 6.56. The molecule has 0 spiro atoms. The van der Waals surface area contributed by atoms with Crippen LogP contribution in [-0.2, 0) is 6.42 Å². The summed E-state index contributed by atoms with van der Waals surface area (Å²) < 4.78 is 0. The summed E-state index contributed by atoms with van der Waals surface area (Å²) in [5.74, 6) is 6.73. The summed E-state index contributed by atoms with van der Waals surface area (Å²) in [7, 11) is 0. The minimum Gasteiger partial charge on any atom is -0.308 e. The highest BCUT2D eigenvalue weighted by Crippen LogP contribution is 2.27. The van der Waals surface area contributed by atoms with Crippen molar-refractivity contribution in [2.24, 2.45) is 5.84 Å². The van der Waals surface area contributed by atoms with Crippen molar-refractivity contribution in [2.45, 2.75) is 39.5 Å². The van der Waals surface area contributed by atoms with Crippen molar-refractivity contribution in [1.29, 1.82) is 0 Å². The SMILES string of the molecule is CCCc1ccc2nc(NN)c(C(C)C)cc2c1. The lowest BCUT2D eigenvalue weighted by atomic mass is 10.00. The number of rotatable bonds is 4. The van der Waals surface area contributed by atoms with Crippen molar-refractivity contribution in [1.82, 2.24) is 4.98 Å². The Hall–Kier alpha value is -1.61. The van der Waals surface area contributed by atoms with E-state index < -0.39 is 0 Å². The standard InChI is InChI=1S/C15H21N3/c1-4-5-11-6-7-14-12(8-11)9-13(10(2)3)15(17-14)18-16/h6-10H,4-5,16H2,1-3H3,(H,17,18). The van der Waals surface area contributed by atoms with Gasteiger partial charge in [0.15, 0.2) is 0 Å². The lowest BCUT2D eigenvalue weighted by Crippen LogP contribution is -2.12. The molecule has 0 amide bonds. The molecule has 0 aliphatic heterocycles. The van der Waals surface area contributed by atoms with Crippen molar-refractivity contribution in [2.75, 3.05) is 5.43 Å². The molecule has 2 rings (SSSR count). The Morgan fingerprint density at radius 2 is 2.06 bits per heavy atom. The third-order valence-electron chi connectivity index (χ3n) is 3.21. The van der Waals surface area contributed by atoms with E-state index >= 15 is 0 Å². The highest BCUT2D eigenvalue weighted by molar-refractivity contribution is 5.82.